The highest BCUT2D eigenvalue weighted by Crippen LogP contribution is 2.15. The molecular weight excluding hydrogens is 282 g/mol. The van der Waals surface area contributed by atoms with Crippen LogP contribution in [0.2, 0.25) is 0 Å². The number of amides is 1. The largest absolute Gasteiger partial charge is 0.384 e. The first kappa shape index (κ1) is 17.7. The number of rotatable bonds is 8. The average Bonchev–Trinajstić information content (AvgIpc) is 2.92. The van der Waals surface area contributed by atoms with Crippen molar-refractivity contribution in [2.45, 2.75) is 46.0 Å². The zero-order valence-electron chi connectivity index (χ0n) is 12.9. The van der Waals surface area contributed by atoms with Crippen LogP contribution in [0.3, 0.4) is 0 Å². The van der Waals surface area contributed by atoms with Crippen molar-refractivity contribution in [3.63, 3.8) is 0 Å². The van der Waals surface area contributed by atoms with Crippen LogP contribution in [0, 0.1) is 17.8 Å². The van der Waals surface area contributed by atoms with Crippen molar-refractivity contribution >= 4 is 17.2 Å². The molecule has 0 aliphatic heterocycles. The van der Waals surface area contributed by atoms with E-state index in [9.17, 15) is 4.79 Å². The Hall–Kier alpha value is -1.31. The fraction of sp³-hybridized carbons (Fsp3) is 0.588. The number of hydrogen-bond acceptors (Lipinski definition) is 3. The molecule has 0 radical (unpaired) electrons. The second-order valence-corrected chi connectivity index (χ2v) is 6.39. The van der Waals surface area contributed by atoms with Crippen LogP contribution in [0.25, 0.3) is 0 Å². The van der Waals surface area contributed by atoms with E-state index in [0.29, 0.717) is 17.0 Å². The Morgan fingerprint density at radius 2 is 2.10 bits per heavy atom. The number of carbonyl (C=O) groups is 1. The molecule has 0 spiro atoms. The molecule has 3 nitrogen and oxygen atoms in total. The summed E-state index contributed by atoms with van der Waals surface area (Å²) in [5.74, 6) is 6.10. The van der Waals surface area contributed by atoms with Crippen molar-refractivity contribution in [2.75, 3.05) is 13.2 Å². The second-order valence-electron chi connectivity index (χ2n) is 5.48. The van der Waals surface area contributed by atoms with Gasteiger partial charge in [0.05, 0.1) is 0 Å². The maximum atomic E-state index is 12.0. The lowest BCUT2D eigenvalue weighted by Crippen LogP contribution is -2.24. The quantitative estimate of drug-likeness (QED) is 0.571. The minimum Gasteiger partial charge on any atom is -0.384 e. The van der Waals surface area contributed by atoms with Gasteiger partial charge in [0.25, 0.3) is 5.91 Å². The molecule has 1 heterocycles. The summed E-state index contributed by atoms with van der Waals surface area (Å²) in [5.41, 5.74) is 0.698. The molecule has 0 saturated heterocycles. The molecule has 0 atom stereocenters. The Kier molecular flexibility index (Phi) is 8.80. The van der Waals surface area contributed by atoms with E-state index in [0.717, 1.165) is 18.8 Å². The summed E-state index contributed by atoms with van der Waals surface area (Å²) in [4.78, 5) is 12.7. The minimum atomic E-state index is -0.187. The lowest BCUT2D eigenvalue weighted by molar-refractivity contribution is 0.0957. The van der Waals surface area contributed by atoms with Gasteiger partial charge in [0, 0.05) is 12.1 Å². The van der Waals surface area contributed by atoms with Crippen LogP contribution >= 0.6 is 11.3 Å². The number of nitrogens with one attached hydrogen (secondary N) is 1. The number of hydrogen-bond donors (Lipinski definition) is 2. The highest BCUT2D eigenvalue weighted by Gasteiger charge is 2.10. The summed E-state index contributed by atoms with van der Waals surface area (Å²) in [6.07, 6.45) is 5.98. The minimum absolute atomic E-state index is 0.0607. The first-order chi connectivity index (χ1) is 10.1. The average molecular weight is 307 g/mol. The highest BCUT2D eigenvalue weighted by atomic mass is 32.1. The predicted octanol–water partition coefficient (Wildman–Crippen LogP) is 3.43. The molecule has 4 heteroatoms. The summed E-state index contributed by atoms with van der Waals surface area (Å²) in [7, 11) is 0. The molecule has 0 aromatic carbocycles. The first-order valence-electron chi connectivity index (χ1n) is 7.60. The van der Waals surface area contributed by atoms with Gasteiger partial charge < -0.3 is 10.4 Å². The number of aliphatic hydroxyl groups excluding tert-OH is 1. The lowest BCUT2D eigenvalue weighted by atomic mass is 10.0. The van der Waals surface area contributed by atoms with E-state index in [1.165, 1.54) is 30.6 Å². The van der Waals surface area contributed by atoms with Crippen LogP contribution in [-0.2, 0) is 0 Å². The van der Waals surface area contributed by atoms with Gasteiger partial charge in [-0.15, -0.1) is 11.3 Å². The summed E-state index contributed by atoms with van der Waals surface area (Å²) < 4.78 is 0. The molecule has 1 aromatic heterocycles. The van der Waals surface area contributed by atoms with E-state index in [-0.39, 0.29) is 12.5 Å². The Balaban J connectivity index is 2.24. The van der Waals surface area contributed by atoms with Gasteiger partial charge >= 0.3 is 0 Å². The van der Waals surface area contributed by atoms with Crippen molar-refractivity contribution < 1.29 is 9.90 Å². The molecule has 0 saturated carbocycles. The van der Waals surface area contributed by atoms with Gasteiger partial charge in [0.1, 0.15) is 11.5 Å². The molecule has 21 heavy (non-hydrogen) atoms. The maximum Gasteiger partial charge on any atom is 0.262 e. The van der Waals surface area contributed by atoms with Crippen LogP contribution in [0.1, 0.15) is 61.2 Å². The van der Waals surface area contributed by atoms with E-state index in [1.807, 2.05) is 11.4 Å². The Morgan fingerprint density at radius 3 is 2.81 bits per heavy atom. The predicted molar refractivity (Wildman–Crippen MR) is 88.5 cm³/mol. The maximum absolute atomic E-state index is 12.0. The van der Waals surface area contributed by atoms with Crippen LogP contribution in [0.4, 0.5) is 0 Å². The molecule has 0 aliphatic carbocycles. The molecule has 1 amide bonds. The van der Waals surface area contributed by atoms with Gasteiger partial charge in [-0.25, -0.2) is 0 Å². The second kappa shape index (κ2) is 10.4. The highest BCUT2D eigenvalue weighted by molar-refractivity contribution is 7.12. The molecule has 1 rings (SSSR count). The third-order valence-corrected chi connectivity index (χ3v) is 4.08. The van der Waals surface area contributed by atoms with Crippen molar-refractivity contribution in [1.29, 1.82) is 0 Å². The monoisotopic (exact) mass is 307 g/mol. The Labute approximate surface area is 131 Å². The molecule has 116 valence electrons. The van der Waals surface area contributed by atoms with Crippen LogP contribution < -0.4 is 5.32 Å². The zero-order chi connectivity index (χ0) is 15.5. The van der Waals surface area contributed by atoms with Crippen LogP contribution in [0.15, 0.2) is 11.4 Å². The van der Waals surface area contributed by atoms with Crippen molar-refractivity contribution in [2.24, 2.45) is 5.92 Å². The molecule has 2 N–H and O–H groups in total. The number of unbranched alkanes of at least 4 members (excludes halogenated alkanes) is 3. The van der Waals surface area contributed by atoms with Gasteiger partial charge in [-0.1, -0.05) is 51.4 Å². The van der Waals surface area contributed by atoms with Gasteiger partial charge in [0.15, 0.2) is 0 Å². The van der Waals surface area contributed by atoms with E-state index in [1.54, 1.807) is 0 Å². The van der Waals surface area contributed by atoms with Gasteiger partial charge in [-0.2, -0.15) is 0 Å². The Morgan fingerprint density at radius 1 is 1.33 bits per heavy atom. The van der Waals surface area contributed by atoms with E-state index >= 15 is 0 Å². The smallest absolute Gasteiger partial charge is 0.262 e. The van der Waals surface area contributed by atoms with Gasteiger partial charge in [-0.3, -0.25) is 4.79 Å². The topological polar surface area (TPSA) is 49.3 Å². The van der Waals surface area contributed by atoms with Gasteiger partial charge in [-0.05, 0) is 23.8 Å². The summed E-state index contributed by atoms with van der Waals surface area (Å²) in [6.45, 7) is 5.02. The summed E-state index contributed by atoms with van der Waals surface area (Å²) in [6, 6.07) is 1.81. The normalized spacial score (nSPS) is 10.3. The number of aliphatic hydroxyl groups is 1. The molecule has 0 unspecified atom stereocenters. The molecule has 0 aliphatic rings. The molecular formula is C17H25NO2S. The van der Waals surface area contributed by atoms with E-state index < -0.39 is 0 Å². The fourth-order valence-electron chi connectivity index (χ4n) is 2.03. The number of carbonyl (C=O) groups excluding carboxylic acids is 1. The molecule has 0 fully saturated rings. The third kappa shape index (κ3) is 7.31. The van der Waals surface area contributed by atoms with Crippen molar-refractivity contribution in [3.8, 4) is 11.8 Å². The van der Waals surface area contributed by atoms with E-state index in [2.05, 4.69) is 31.0 Å². The SMILES string of the molecule is CC(C)CCCCCCNC(=O)c1sccc1C#CCO. The van der Waals surface area contributed by atoms with E-state index in [4.69, 9.17) is 5.11 Å². The van der Waals surface area contributed by atoms with Crippen LogP contribution in [-0.4, -0.2) is 24.2 Å². The summed E-state index contributed by atoms with van der Waals surface area (Å²) in [5, 5.41) is 13.5. The van der Waals surface area contributed by atoms with Crippen molar-refractivity contribution in [3.05, 3.63) is 21.9 Å². The van der Waals surface area contributed by atoms with Crippen LogP contribution in [0.5, 0.6) is 0 Å². The standard InChI is InChI=1S/C17H25NO2S/c1-14(2)8-5-3-4-6-11-18-17(20)16-15(9-7-12-19)10-13-21-16/h10,13-14,19H,3-6,8,11-12H2,1-2H3,(H,18,20). The van der Waals surface area contributed by atoms with Crippen molar-refractivity contribution in [1.82, 2.24) is 5.32 Å². The number of thiophene rings is 1. The molecule has 0 bridgehead atoms. The van der Waals surface area contributed by atoms with Gasteiger partial charge in [0.2, 0.25) is 0 Å². The Bertz CT molecular complexity index is 482. The first-order valence-corrected chi connectivity index (χ1v) is 8.48. The fourth-order valence-corrected chi connectivity index (χ4v) is 2.80. The zero-order valence-corrected chi connectivity index (χ0v) is 13.8. The lowest BCUT2D eigenvalue weighted by Gasteiger charge is -2.06. The summed E-state index contributed by atoms with van der Waals surface area (Å²) >= 11 is 1.39. The molecule has 1 aromatic rings. The third-order valence-electron chi connectivity index (χ3n) is 3.17.